The number of hydrogen-bond donors (Lipinski definition) is 1. The first-order chi connectivity index (χ1) is 12.0. The number of halogens is 1. The van der Waals surface area contributed by atoms with Crippen molar-refractivity contribution in [1.29, 1.82) is 0 Å². The highest BCUT2D eigenvalue weighted by molar-refractivity contribution is 6.01. The first-order valence-electron chi connectivity index (χ1n) is 8.41. The SMILES string of the molecule is Cc1cccc(NC(=O)[C@H]2CCCN2C(=O)c2cccc(F)c2)c1C. The fourth-order valence-corrected chi connectivity index (χ4v) is 3.17. The van der Waals surface area contributed by atoms with Gasteiger partial charge in [-0.3, -0.25) is 9.59 Å². The van der Waals surface area contributed by atoms with Gasteiger partial charge in [0.05, 0.1) is 0 Å². The second-order valence-electron chi connectivity index (χ2n) is 6.40. The molecule has 0 aliphatic carbocycles. The number of rotatable bonds is 3. The molecule has 3 rings (SSSR count). The Hall–Kier alpha value is -2.69. The van der Waals surface area contributed by atoms with Crippen molar-refractivity contribution in [3.63, 3.8) is 0 Å². The van der Waals surface area contributed by atoms with Crippen LogP contribution in [0.3, 0.4) is 0 Å². The molecule has 0 radical (unpaired) electrons. The molecule has 0 aromatic heterocycles. The lowest BCUT2D eigenvalue weighted by Gasteiger charge is -2.24. The molecule has 0 bridgehead atoms. The van der Waals surface area contributed by atoms with Crippen molar-refractivity contribution >= 4 is 17.5 Å². The lowest BCUT2D eigenvalue weighted by molar-refractivity contribution is -0.119. The van der Waals surface area contributed by atoms with Crippen molar-refractivity contribution in [1.82, 2.24) is 4.90 Å². The van der Waals surface area contributed by atoms with Gasteiger partial charge in [0.2, 0.25) is 5.91 Å². The fourth-order valence-electron chi connectivity index (χ4n) is 3.17. The molecule has 2 aromatic carbocycles. The van der Waals surface area contributed by atoms with Crippen molar-refractivity contribution in [3.8, 4) is 0 Å². The molecule has 1 aliphatic rings. The van der Waals surface area contributed by atoms with E-state index in [1.54, 1.807) is 6.07 Å². The van der Waals surface area contributed by atoms with E-state index in [0.29, 0.717) is 13.0 Å². The Morgan fingerprint density at radius 3 is 2.68 bits per heavy atom. The average molecular weight is 340 g/mol. The maximum atomic E-state index is 13.4. The van der Waals surface area contributed by atoms with E-state index < -0.39 is 11.9 Å². The third-order valence-electron chi connectivity index (χ3n) is 4.75. The molecule has 2 amide bonds. The summed E-state index contributed by atoms with van der Waals surface area (Å²) >= 11 is 0. The normalized spacial score (nSPS) is 16.8. The maximum Gasteiger partial charge on any atom is 0.254 e. The number of carbonyl (C=O) groups is 2. The molecular weight excluding hydrogens is 319 g/mol. The van der Waals surface area contributed by atoms with Gasteiger partial charge in [0.25, 0.3) is 5.91 Å². The number of likely N-dealkylation sites (tertiary alicyclic amines) is 1. The monoisotopic (exact) mass is 340 g/mol. The van der Waals surface area contributed by atoms with E-state index in [-0.39, 0.29) is 17.4 Å². The molecular formula is C20H21FN2O2. The fraction of sp³-hybridized carbons (Fsp3) is 0.300. The van der Waals surface area contributed by atoms with Crippen molar-refractivity contribution in [2.24, 2.45) is 0 Å². The summed E-state index contributed by atoms with van der Waals surface area (Å²) in [7, 11) is 0. The van der Waals surface area contributed by atoms with Crippen LogP contribution in [0.2, 0.25) is 0 Å². The van der Waals surface area contributed by atoms with Crippen LogP contribution in [0.5, 0.6) is 0 Å². The Labute approximate surface area is 146 Å². The number of amides is 2. The third kappa shape index (κ3) is 3.55. The van der Waals surface area contributed by atoms with Crippen molar-refractivity contribution < 1.29 is 14.0 Å². The summed E-state index contributed by atoms with van der Waals surface area (Å²) in [6, 6.07) is 10.8. The van der Waals surface area contributed by atoms with Crippen molar-refractivity contribution in [2.45, 2.75) is 32.7 Å². The Morgan fingerprint density at radius 2 is 1.92 bits per heavy atom. The molecule has 130 valence electrons. The Morgan fingerprint density at radius 1 is 1.16 bits per heavy atom. The topological polar surface area (TPSA) is 49.4 Å². The van der Waals surface area contributed by atoms with Crippen molar-refractivity contribution in [2.75, 3.05) is 11.9 Å². The van der Waals surface area contributed by atoms with Gasteiger partial charge in [-0.2, -0.15) is 0 Å². The predicted molar refractivity (Wildman–Crippen MR) is 95.0 cm³/mol. The zero-order valence-corrected chi connectivity index (χ0v) is 14.4. The van der Waals surface area contributed by atoms with E-state index in [9.17, 15) is 14.0 Å². The van der Waals surface area contributed by atoms with Crippen LogP contribution >= 0.6 is 0 Å². The van der Waals surface area contributed by atoms with Crippen LogP contribution in [0.25, 0.3) is 0 Å². The average Bonchev–Trinajstić information content (AvgIpc) is 3.08. The molecule has 1 N–H and O–H groups in total. The summed E-state index contributed by atoms with van der Waals surface area (Å²) in [6.07, 6.45) is 1.36. The molecule has 25 heavy (non-hydrogen) atoms. The van der Waals surface area contributed by atoms with Gasteiger partial charge in [-0.25, -0.2) is 4.39 Å². The summed E-state index contributed by atoms with van der Waals surface area (Å²) in [6.45, 7) is 4.44. The third-order valence-corrected chi connectivity index (χ3v) is 4.75. The zero-order valence-electron chi connectivity index (χ0n) is 14.4. The molecule has 5 heteroatoms. The number of carbonyl (C=O) groups excluding carboxylic acids is 2. The minimum atomic E-state index is -0.532. The highest BCUT2D eigenvalue weighted by Crippen LogP contribution is 2.24. The van der Waals surface area contributed by atoms with E-state index in [1.165, 1.54) is 23.1 Å². The highest BCUT2D eigenvalue weighted by atomic mass is 19.1. The van der Waals surface area contributed by atoms with E-state index in [0.717, 1.165) is 23.2 Å². The first kappa shape index (κ1) is 17.1. The molecule has 0 saturated carbocycles. The van der Waals surface area contributed by atoms with E-state index in [1.807, 2.05) is 32.0 Å². The van der Waals surface area contributed by atoms with Gasteiger partial charge in [-0.1, -0.05) is 18.2 Å². The van der Waals surface area contributed by atoms with Crippen LogP contribution in [0.15, 0.2) is 42.5 Å². The number of nitrogens with zero attached hydrogens (tertiary/aromatic N) is 1. The zero-order chi connectivity index (χ0) is 18.0. The Bertz CT molecular complexity index is 819. The van der Waals surface area contributed by atoms with Crippen LogP contribution in [0.4, 0.5) is 10.1 Å². The smallest absolute Gasteiger partial charge is 0.254 e. The van der Waals surface area contributed by atoms with Crippen LogP contribution in [-0.2, 0) is 4.79 Å². The van der Waals surface area contributed by atoms with Crippen molar-refractivity contribution in [3.05, 3.63) is 65.0 Å². The Balaban J connectivity index is 1.78. The van der Waals surface area contributed by atoms with Crippen LogP contribution in [0, 0.1) is 19.7 Å². The lowest BCUT2D eigenvalue weighted by atomic mass is 10.1. The molecule has 1 fully saturated rings. The standard InChI is InChI=1S/C20H21FN2O2/c1-13-6-3-9-17(14(13)2)22-19(24)18-10-5-11-23(18)20(25)15-7-4-8-16(21)12-15/h3-4,6-9,12,18H,5,10-11H2,1-2H3,(H,22,24)/t18-/m1/s1. The molecule has 2 aromatic rings. The van der Waals surface area contributed by atoms with Gasteiger partial charge < -0.3 is 10.2 Å². The number of nitrogens with one attached hydrogen (secondary N) is 1. The number of benzene rings is 2. The molecule has 1 atom stereocenters. The quantitative estimate of drug-likeness (QED) is 0.926. The summed E-state index contributed by atoms with van der Waals surface area (Å²) < 4.78 is 13.4. The summed E-state index contributed by atoms with van der Waals surface area (Å²) in [5, 5.41) is 2.93. The first-order valence-corrected chi connectivity index (χ1v) is 8.41. The molecule has 4 nitrogen and oxygen atoms in total. The molecule has 0 unspecified atom stereocenters. The molecule has 1 aliphatic heterocycles. The largest absolute Gasteiger partial charge is 0.327 e. The van der Waals surface area contributed by atoms with Crippen LogP contribution in [0.1, 0.15) is 34.3 Å². The van der Waals surface area contributed by atoms with Gasteiger partial charge >= 0.3 is 0 Å². The maximum absolute atomic E-state index is 13.4. The van der Waals surface area contributed by atoms with Crippen LogP contribution < -0.4 is 5.32 Å². The lowest BCUT2D eigenvalue weighted by Crippen LogP contribution is -2.43. The summed E-state index contributed by atoms with van der Waals surface area (Å²) in [5.74, 6) is -0.962. The highest BCUT2D eigenvalue weighted by Gasteiger charge is 2.34. The second-order valence-corrected chi connectivity index (χ2v) is 6.40. The summed E-state index contributed by atoms with van der Waals surface area (Å²) in [5.41, 5.74) is 3.13. The second kappa shape index (κ2) is 7.05. The predicted octanol–water partition coefficient (Wildman–Crippen LogP) is 3.69. The van der Waals surface area contributed by atoms with Gasteiger partial charge in [-0.15, -0.1) is 0 Å². The summed E-state index contributed by atoms with van der Waals surface area (Å²) in [4.78, 5) is 26.9. The van der Waals surface area contributed by atoms with Gasteiger partial charge in [-0.05, 0) is 62.1 Å². The minimum Gasteiger partial charge on any atom is -0.327 e. The number of hydrogen-bond acceptors (Lipinski definition) is 2. The molecule has 1 saturated heterocycles. The van der Waals surface area contributed by atoms with Gasteiger partial charge in [0.15, 0.2) is 0 Å². The van der Waals surface area contributed by atoms with E-state index in [2.05, 4.69) is 5.32 Å². The molecule has 0 spiro atoms. The Kier molecular flexibility index (Phi) is 4.83. The molecule has 1 heterocycles. The van der Waals surface area contributed by atoms with E-state index >= 15 is 0 Å². The van der Waals surface area contributed by atoms with Gasteiger partial charge in [0, 0.05) is 17.8 Å². The minimum absolute atomic E-state index is 0.198. The van der Waals surface area contributed by atoms with Gasteiger partial charge in [0.1, 0.15) is 11.9 Å². The number of anilines is 1. The number of aryl methyl sites for hydroxylation is 1. The van der Waals surface area contributed by atoms with Crippen LogP contribution in [-0.4, -0.2) is 29.3 Å². The van der Waals surface area contributed by atoms with E-state index in [4.69, 9.17) is 0 Å².